The van der Waals surface area contributed by atoms with E-state index >= 15 is 0 Å². The highest BCUT2D eigenvalue weighted by Crippen LogP contribution is 2.26. The number of hydrogen-bond donors (Lipinski definition) is 1. The van der Waals surface area contributed by atoms with E-state index in [1.54, 1.807) is 0 Å². The summed E-state index contributed by atoms with van der Waals surface area (Å²) in [4.78, 5) is 12.3. The van der Waals surface area contributed by atoms with Crippen molar-refractivity contribution in [3.8, 4) is 5.75 Å². The Morgan fingerprint density at radius 1 is 1.06 bits per heavy atom. The van der Waals surface area contributed by atoms with E-state index in [1.807, 2.05) is 25.3 Å². The molecular weight excluding hydrogens is 441 g/mol. The van der Waals surface area contributed by atoms with Gasteiger partial charge in [0, 0.05) is 18.3 Å². The fourth-order valence-corrected chi connectivity index (χ4v) is 3.67. The zero-order valence-corrected chi connectivity index (χ0v) is 18.6. The number of nitrogens with one attached hydrogen (secondary N) is 1. The minimum Gasteiger partial charge on any atom is -0.483 e. The van der Waals surface area contributed by atoms with E-state index in [4.69, 9.17) is 4.74 Å². The van der Waals surface area contributed by atoms with Crippen molar-refractivity contribution in [2.24, 2.45) is 5.92 Å². The topological polar surface area (TPSA) is 69.0 Å². The molecule has 0 aliphatic heterocycles. The number of amides is 1. The molecule has 2 aromatic carbocycles. The van der Waals surface area contributed by atoms with Gasteiger partial charge in [-0.1, -0.05) is 25.6 Å². The fraction of sp³-hybridized carbons (Fsp3) is 0.318. The van der Waals surface area contributed by atoms with Gasteiger partial charge >= 0.3 is 0 Å². The van der Waals surface area contributed by atoms with Crippen LogP contribution in [0, 0.1) is 23.4 Å². The number of ether oxygens (including phenoxy) is 1. The maximum atomic E-state index is 13.3. The molecule has 1 heterocycles. The summed E-state index contributed by atoms with van der Waals surface area (Å²) in [6, 6.07) is 8.86. The van der Waals surface area contributed by atoms with E-state index in [1.165, 1.54) is 42.1 Å². The summed E-state index contributed by atoms with van der Waals surface area (Å²) in [5.74, 6) is -1.41. The van der Waals surface area contributed by atoms with Gasteiger partial charge in [-0.3, -0.25) is 4.79 Å². The molecule has 0 bridgehead atoms. The summed E-state index contributed by atoms with van der Waals surface area (Å²) in [5.41, 5.74) is 0.167. The summed E-state index contributed by atoms with van der Waals surface area (Å²) >= 11 is 1.17. The summed E-state index contributed by atoms with van der Waals surface area (Å²) < 4.78 is 47.3. The van der Waals surface area contributed by atoms with Gasteiger partial charge < -0.3 is 14.6 Å². The number of benzene rings is 2. The summed E-state index contributed by atoms with van der Waals surface area (Å²) in [6.45, 7) is 6.50. The number of rotatable bonds is 9. The Morgan fingerprint density at radius 2 is 1.78 bits per heavy atom. The molecule has 170 valence electrons. The van der Waals surface area contributed by atoms with Gasteiger partial charge in [0.15, 0.2) is 28.7 Å². The van der Waals surface area contributed by atoms with Crippen LogP contribution in [0.5, 0.6) is 5.75 Å². The summed E-state index contributed by atoms with van der Waals surface area (Å²) in [6.07, 6.45) is -0.461. The molecule has 1 aromatic heterocycles. The minimum absolute atomic E-state index is 0.00241. The molecule has 0 saturated carbocycles. The van der Waals surface area contributed by atoms with E-state index in [0.717, 1.165) is 12.1 Å². The first-order valence-corrected chi connectivity index (χ1v) is 10.9. The highest BCUT2D eigenvalue weighted by molar-refractivity contribution is 7.99. The molecule has 0 fully saturated rings. The maximum Gasteiger partial charge on any atom is 0.234 e. The van der Waals surface area contributed by atoms with Crippen molar-refractivity contribution in [2.45, 2.75) is 38.6 Å². The number of aromatic nitrogens is 3. The van der Waals surface area contributed by atoms with Gasteiger partial charge in [-0.15, -0.1) is 10.2 Å². The van der Waals surface area contributed by atoms with Crippen LogP contribution in [0.15, 0.2) is 47.6 Å². The van der Waals surface area contributed by atoms with E-state index in [0.29, 0.717) is 23.3 Å². The lowest BCUT2D eigenvalue weighted by molar-refractivity contribution is -0.113. The molecule has 0 saturated heterocycles. The van der Waals surface area contributed by atoms with Gasteiger partial charge in [-0.25, -0.2) is 13.2 Å². The molecule has 0 radical (unpaired) electrons. The Labute approximate surface area is 188 Å². The molecule has 0 spiro atoms. The third kappa shape index (κ3) is 6.25. The molecule has 3 rings (SSSR count). The first kappa shape index (κ1) is 23.6. The highest BCUT2D eigenvalue weighted by atomic mass is 32.2. The van der Waals surface area contributed by atoms with Crippen molar-refractivity contribution in [1.82, 2.24) is 14.8 Å². The predicted molar refractivity (Wildman–Crippen MR) is 116 cm³/mol. The number of carbonyl (C=O) groups excluding carboxylic acids is 1. The zero-order valence-electron chi connectivity index (χ0n) is 17.8. The zero-order chi connectivity index (χ0) is 23.3. The van der Waals surface area contributed by atoms with Crippen molar-refractivity contribution in [3.05, 3.63) is 65.7 Å². The van der Waals surface area contributed by atoms with Crippen LogP contribution in [0.2, 0.25) is 0 Å². The molecular formula is C22H23F3N4O2S. The minimum atomic E-state index is -1.04. The predicted octanol–water partition coefficient (Wildman–Crippen LogP) is 5.22. The SMILES string of the molecule is CC(C)Cn1c(SCC(=O)Nc2ccc(F)c(F)c2)nnc1C(C)Oc1ccc(F)cc1. The van der Waals surface area contributed by atoms with Gasteiger partial charge in [-0.05, 0) is 49.2 Å². The Morgan fingerprint density at radius 3 is 2.44 bits per heavy atom. The lowest BCUT2D eigenvalue weighted by Crippen LogP contribution is -2.17. The quantitative estimate of drug-likeness (QED) is 0.440. The van der Waals surface area contributed by atoms with Gasteiger partial charge in [-0.2, -0.15) is 0 Å². The summed E-state index contributed by atoms with van der Waals surface area (Å²) in [5, 5.41) is 11.5. The van der Waals surface area contributed by atoms with Crippen LogP contribution < -0.4 is 10.1 Å². The number of anilines is 1. The standard InChI is InChI=1S/C22H23F3N4O2S/c1-13(2)11-29-21(14(3)31-17-7-4-15(23)5-8-17)27-28-22(29)32-12-20(30)26-16-6-9-18(24)19(25)10-16/h4-10,13-14H,11-12H2,1-3H3,(H,26,30). The average Bonchev–Trinajstić information content (AvgIpc) is 3.13. The second-order valence-corrected chi connectivity index (χ2v) is 8.47. The number of hydrogen-bond acceptors (Lipinski definition) is 5. The van der Waals surface area contributed by atoms with Gasteiger partial charge in [0.2, 0.25) is 5.91 Å². The van der Waals surface area contributed by atoms with Crippen LogP contribution in [0.3, 0.4) is 0 Å². The molecule has 1 amide bonds. The molecule has 1 atom stereocenters. The Hall–Kier alpha value is -3.01. The third-order valence-corrected chi connectivity index (χ3v) is 5.29. The Bertz CT molecular complexity index is 1070. The maximum absolute atomic E-state index is 13.3. The third-order valence-electron chi connectivity index (χ3n) is 4.32. The molecule has 0 aliphatic carbocycles. The van der Waals surface area contributed by atoms with E-state index in [2.05, 4.69) is 15.5 Å². The number of halogens is 3. The average molecular weight is 465 g/mol. The van der Waals surface area contributed by atoms with Crippen molar-refractivity contribution in [3.63, 3.8) is 0 Å². The van der Waals surface area contributed by atoms with Crippen LogP contribution in [0.4, 0.5) is 18.9 Å². The largest absolute Gasteiger partial charge is 0.483 e. The van der Waals surface area contributed by atoms with Gasteiger partial charge in [0.1, 0.15) is 11.6 Å². The molecule has 32 heavy (non-hydrogen) atoms. The first-order chi connectivity index (χ1) is 15.2. The Kier molecular flexibility index (Phi) is 7.79. The molecule has 0 aliphatic rings. The molecule has 3 aromatic rings. The fourth-order valence-electron chi connectivity index (χ4n) is 2.92. The molecule has 1 N–H and O–H groups in total. The van der Waals surface area contributed by atoms with Gasteiger partial charge in [0.05, 0.1) is 5.75 Å². The molecule has 10 heteroatoms. The van der Waals surface area contributed by atoms with Crippen molar-refractivity contribution >= 4 is 23.4 Å². The second kappa shape index (κ2) is 10.5. The molecule has 6 nitrogen and oxygen atoms in total. The number of thioether (sulfide) groups is 1. The van der Waals surface area contributed by atoms with E-state index < -0.39 is 23.6 Å². The van der Waals surface area contributed by atoms with Gasteiger partial charge in [0.25, 0.3) is 0 Å². The van der Waals surface area contributed by atoms with Crippen LogP contribution in [-0.4, -0.2) is 26.4 Å². The van der Waals surface area contributed by atoms with Crippen molar-refractivity contribution < 1.29 is 22.7 Å². The van der Waals surface area contributed by atoms with E-state index in [9.17, 15) is 18.0 Å². The number of nitrogens with zero attached hydrogens (tertiary/aromatic N) is 3. The smallest absolute Gasteiger partial charge is 0.234 e. The first-order valence-electron chi connectivity index (χ1n) is 9.96. The highest BCUT2D eigenvalue weighted by Gasteiger charge is 2.21. The van der Waals surface area contributed by atoms with E-state index in [-0.39, 0.29) is 23.2 Å². The van der Waals surface area contributed by atoms with Crippen molar-refractivity contribution in [1.29, 1.82) is 0 Å². The lowest BCUT2D eigenvalue weighted by atomic mass is 10.2. The van der Waals surface area contributed by atoms with Crippen LogP contribution in [0.1, 0.15) is 32.7 Å². The van der Waals surface area contributed by atoms with Crippen molar-refractivity contribution in [2.75, 3.05) is 11.1 Å². The van der Waals surface area contributed by atoms with Crippen LogP contribution in [0.25, 0.3) is 0 Å². The Balaban J connectivity index is 1.69. The monoisotopic (exact) mass is 464 g/mol. The lowest BCUT2D eigenvalue weighted by Gasteiger charge is -2.17. The number of carbonyl (C=O) groups is 1. The molecule has 1 unspecified atom stereocenters. The van der Waals surface area contributed by atoms with Crippen LogP contribution in [-0.2, 0) is 11.3 Å². The normalized spacial score (nSPS) is 12.1. The van der Waals surface area contributed by atoms with Crippen LogP contribution >= 0.6 is 11.8 Å². The second-order valence-electron chi connectivity index (χ2n) is 7.52. The summed E-state index contributed by atoms with van der Waals surface area (Å²) in [7, 11) is 0.